The summed E-state index contributed by atoms with van der Waals surface area (Å²) in [6, 6.07) is 0. The van der Waals surface area contributed by atoms with Gasteiger partial charge in [0.05, 0.1) is 32.0 Å². The molecule has 1 heterocycles. The Hall–Kier alpha value is -0.620. The first-order valence-electron chi connectivity index (χ1n) is 17.5. The molecule has 6 aliphatic rings. The quantitative estimate of drug-likeness (QED) is 0.225. The summed E-state index contributed by atoms with van der Waals surface area (Å²) < 4.78 is 12.0. The van der Waals surface area contributed by atoms with Gasteiger partial charge >= 0.3 is 0 Å². The summed E-state index contributed by atoms with van der Waals surface area (Å²) >= 11 is 0. The molecule has 9 heteroatoms. The van der Waals surface area contributed by atoms with Crippen LogP contribution in [0.1, 0.15) is 99.3 Å². The van der Waals surface area contributed by atoms with Crippen LogP contribution >= 0.6 is 0 Å². The van der Waals surface area contributed by atoms with E-state index in [1.54, 1.807) is 0 Å². The van der Waals surface area contributed by atoms with Crippen molar-refractivity contribution in [1.29, 1.82) is 0 Å². The molecule has 0 aromatic rings. The van der Waals surface area contributed by atoms with Gasteiger partial charge in [-0.1, -0.05) is 53.2 Å². The Morgan fingerprint density at radius 1 is 0.800 bits per heavy atom. The van der Waals surface area contributed by atoms with Crippen molar-refractivity contribution >= 4 is 0 Å². The van der Waals surface area contributed by atoms with Crippen LogP contribution in [0.2, 0.25) is 0 Å². The van der Waals surface area contributed by atoms with Crippen molar-refractivity contribution in [2.75, 3.05) is 19.8 Å². The number of ether oxygens (including phenoxy) is 2. The lowest BCUT2D eigenvalue weighted by Crippen LogP contribution is -2.67. The Bertz CT molecular complexity index is 1160. The van der Waals surface area contributed by atoms with Crippen molar-refractivity contribution in [1.82, 2.24) is 0 Å². The lowest BCUT2D eigenvalue weighted by atomic mass is 9.33. The van der Waals surface area contributed by atoms with E-state index in [1.165, 1.54) is 5.57 Å². The van der Waals surface area contributed by atoms with Crippen LogP contribution in [-0.2, 0) is 9.47 Å². The lowest BCUT2D eigenvalue weighted by Gasteiger charge is -2.72. The second-order valence-corrected chi connectivity index (χ2v) is 17.9. The highest BCUT2D eigenvalue weighted by Crippen LogP contribution is 2.75. The minimum absolute atomic E-state index is 0.0109. The minimum Gasteiger partial charge on any atom is -0.396 e. The first kappa shape index (κ1) is 34.3. The van der Waals surface area contributed by atoms with Gasteiger partial charge in [-0.05, 0) is 97.2 Å². The van der Waals surface area contributed by atoms with E-state index in [0.29, 0.717) is 18.8 Å². The third-order valence-electron chi connectivity index (χ3n) is 15.4. The van der Waals surface area contributed by atoms with E-state index in [0.717, 1.165) is 44.9 Å². The number of aliphatic hydroxyl groups is 7. The van der Waals surface area contributed by atoms with Gasteiger partial charge < -0.3 is 45.2 Å². The molecule has 45 heavy (non-hydrogen) atoms. The van der Waals surface area contributed by atoms with Crippen molar-refractivity contribution in [3.8, 4) is 0 Å². The molecule has 9 nitrogen and oxygen atoms in total. The van der Waals surface area contributed by atoms with E-state index in [9.17, 15) is 35.7 Å². The molecule has 0 aromatic heterocycles. The Morgan fingerprint density at radius 2 is 1.51 bits per heavy atom. The van der Waals surface area contributed by atoms with Gasteiger partial charge in [0.15, 0.2) is 6.29 Å². The van der Waals surface area contributed by atoms with Crippen LogP contribution in [0.15, 0.2) is 11.6 Å². The summed E-state index contributed by atoms with van der Waals surface area (Å²) in [4.78, 5) is 0. The largest absolute Gasteiger partial charge is 0.396 e. The molecule has 0 unspecified atom stereocenters. The fraction of sp³-hybridized carbons (Fsp3) is 0.944. The summed E-state index contributed by atoms with van der Waals surface area (Å²) in [6.07, 6.45) is 2.26. The van der Waals surface area contributed by atoms with Gasteiger partial charge in [-0.15, -0.1) is 0 Å². The molecule has 6 rings (SSSR count). The van der Waals surface area contributed by atoms with E-state index in [1.807, 2.05) is 0 Å². The maximum Gasteiger partial charge on any atom is 0.186 e. The molecular formula is C36H60O9. The van der Waals surface area contributed by atoms with Gasteiger partial charge in [0.2, 0.25) is 0 Å². The van der Waals surface area contributed by atoms with Crippen LogP contribution in [0.5, 0.6) is 0 Å². The highest BCUT2D eigenvalue weighted by molar-refractivity contribution is 5.35. The molecule has 1 saturated heterocycles. The van der Waals surface area contributed by atoms with Crippen molar-refractivity contribution < 1.29 is 45.2 Å². The van der Waals surface area contributed by atoms with E-state index in [4.69, 9.17) is 9.47 Å². The van der Waals surface area contributed by atoms with Gasteiger partial charge in [0, 0.05) is 10.8 Å². The van der Waals surface area contributed by atoms with Crippen LogP contribution in [0.3, 0.4) is 0 Å². The van der Waals surface area contributed by atoms with Gasteiger partial charge in [0.25, 0.3) is 0 Å². The zero-order chi connectivity index (χ0) is 33.0. The normalized spacial score (nSPS) is 55.9. The first-order chi connectivity index (χ1) is 20.9. The molecule has 4 saturated carbocycles. The average Bonchev–Trinajstić information content (AvgIpc) is 2.98. The van der Waals surface area contributed by atoms with Crippen molar-refractivity contribution in [3.63, 3.8) is 0 Å². The Labute approximate surface area is 269 Å². The fourth-order valence-corrected chi connectivity index (χ4v) is 12.2. The zero-order valence-electron chi connectivity index (χ0n) is 28.3. The zero-order valence-corrected chi connectivity index (χ0v) is 28.3. The number of hydrogen-bond acceptors (Lipinski definition) is 9. The number of rotatable bonds is 5. The molecule has 0 radical (unpaired) electrons. The molecule has 7 N–H and O–H groups in total. The predicted molar refractivity (Wildman–Crippen MR) is 168 cm³/mol. The van der Waals surface area contributed by atoms with Crippen molar-refractivity contribution in [3.05, 3.63) is 11.6 Å². The van der Waals surface area contributed by atoms with Crippen molar-refractivity contribution in [2.24, 2.45) is 50.2 Å². The van der Waals surface area contributed by atoms with Crippen LogP contribution in [-0.4, -0.2) is 98.5 Å². The van der Waals surface area contributed by atoms with E-state index in [2.05, 4.69) is 47.6 Å². The molecule has 258 valence electrons. The smallest absolute Gasteiger partial charge is 0.186 e. The number of fused-ring (bicyclic) bond motifs is 7. The monoisotopic (exact) mass is 636 g/mol. The second kappa shape index (κ2) is 11.2. The molecule has 0 spiro atoms. The van der Waals surface area contributed by atoms with Gasteiger partial charge in [-0.3, -0.25) is 0 Å². The SMILES string of the molecule is CC1(C)CC[C@]2(CO[C@@H]3O[C@H](CO)[C@@H](O)[C@H](O)[C@H]3O)[C@@H](O)C[C@]3(C)C(=CC[C@@H]4[C@@]5(C)CC[C@H](O)[C@@](C)(CO)[C@@H]5CC[C@]43C)[C@@H]2C1. The molecule has 5 fully saturated rings. The average molecular weight is 637 g/mol. The molecule has 15 atom stereocenters. The minimum atomic E-state index is -1.51. The Kier molecular flexibility index (Phi) is 8.53. The van der Waals surface area contributed by atoms with E-state index in [-0.39, 0.29) is 46.7 Å². The van der Waals surface area contributed by atoms with Crippen LogP contribution < -0.4 is 0 Å². The summed E-state index contributed by atoms with van der Waals surface area (Å²) in [5, 5.41) is 75.1. The van der Waals surface area contributed by atoms with E-state index < -0.39 is 60.4 Å². The second-order valence-electron chi connectivity index (χ2n) is 17.9. The molecule has 0 bridgehead atoms. The lowest BCUT2D eigenvalue weighted by molar-refractivity contribution is -0.314. The number of aliphatic hydroxyl groups excluding tert-OH is 7. The molecular weight excluding hydrogens is 576 g/mol. The maximum absolute atomic E-state index is 12.4. The fourth-order valence-electron chi connectivity index (χ4n) is 12.2. The summed E-state index contributed by atoms with van der Waals surface area (Å²) in [6.45, 7) is 13.5. The topological polar surface area (TPSA) is 160 Å². The van der Waals surface area contributed by atoms with Gasteiger partial charge in [-0.2, -0.15) is 0 Å². The highest BCUT2D eigenvalue weighted by atomic mass is 16.7. The summed E-state index contributed by atoms with van der Waals surface area (Å²) in [5.74, 6) is 0.639. The van der Waals surface area contributed by atoms with Crippen LogP contribution in [0, 0.1) is 50.2 Å². The van der Waals surface area contributed by atoms with E-state index >= 15 is 0 Å². The Balaban J connectivity index is 1.35. The Morgan fingerprint density at radius 3 is 2.18 bits per heavy atom. The van der Waals surface area contributed by atoms with Gasteiger partial charge in [-0.25, -0.2) is 0 Å². The standard InChI is InChI=1S/C36H60O9/c1-31(2)13-14-36(19-44-30-29(43)28(42)27(41)22(17-37)45-30)21(15-31)20-7-8-24-32(3)11-10-25(39)33(4,18-38)23(32)9-12-34(24,5)35(20,6)16-26(36)40/h7,21-30,37-43H,8-19H2,1-6H3/t21-,22+,23+,24+,25-,26-,27+,28-,29+,30+,32-,33-,34+,35+,36+/m0/s1. The third-order valence-corrected chi connectivity index (χ3v) is 15.4. The van der Waals surface area contributed by atoms with Crippen molar-refractivity contribution in [2.45, 2.75) is 142 Å². The summed E-state index contributed by atoms with van der Waals surface area (Å²) in [7, 11) is 0. The molecule has 0 aromatic carbocycles. The summed E-state index contributed by atoms with van der Waals surface area (Å²) in [5.41, 5.74) is 0.00334. The number of hydrogen-bond donors (Lipinski definition) is 7. The molecule has 0 amide bonds. The van der Waals surface area contributed by atoms with Gasteiger partial charge in [0.1, 0.15) is 24.4 Å². The number of allylic oxidation sites excluding steroid dienone is 2. The predicted octanol–water partition coefficient (Wildman–Crippen LogP) is 2.91. The maximum atomic E-state index is 12.4. The van der Waals surface area contributed by atoms with Crippen LogP contribution in [0.25, 0.3) is 0 Å². The highest BCUT2D eigenvalue weighted by Gasteiger charge is 2.70. The first-order valence-corrected chi connectivity index (χ1v) is 17.5. The van der Waals surface area contributed by atoms with Crippen LogP contribution in [0.4, 0.5) is 0 Å². The molecule has 1 aliphatic heterocycles. The molecule has 5 aliphatic carbocycles. The third kappa shape index (κ3) is 4.73.